The number of rotatable bonds is 9. The monoisotopic (exact) mass is 388 g/mol. The first-order chi connectivity index (χ1) is 14.0. The normalized spacial score (nSPS) is 25.2. The van der Waals surface area contributed by atoms with Crippen LogP contribution in [0.4, 0.5) is 0 Å². The van der Waals surface area contributed by atoms with Crippen molar-refractivity contribution in [2.75, 3.05) is 0 Å². The summed E-state index contributed by atoms with van der Waals surface area (Å²) in [6.45, 7) is 18.3. The molecule has 0 nitrogen and oxygen atoms in total. The standard InChI is InChI=1S/C29H40/c1-7-9-11-14-24(8-2)17-26-19-27-22(5)20(3)21(4)23(6)29(27)28(26)18-25-15-12-10-13-16-25/h10,12-13,15-16,19,21-22,24,28H,3,6-9,11,14,17-18H2,1-2,4-5H3. The number of hydrogen-bond donors (Lipinski definition) is 0. The van der Waals surface area contributed by atoms with Crippen LogP contribution < -0.4 is 0 Å². The summed E-state index contributed by atoms with van der Waals surface area (Å²) in [7, 11) is 0. The van der Waals surface area contributed by atoms with E-state index < -0.39 is 0 Å². The summed E-state index contributed by atoms with van der Waals surface area (Å²) >= 11 is 0. The fourth-order valence-electron chi connectivity index (χ4n) is 5.31. The molecule has 0 bridgehead atoms. The minimum Gasteiger partial charge on any atom is -0.0986 e. The molecule has 0 heterocycles. The van der Waals surface area contributed by atoms with Gasteiger partial charge in [-0.2, -0.15) is 0 Å². The van der Waals surface area contributed by atoms with Gasteiger partial charge in [-0.1, -0.05) is 121 Å². The Bertz CT molecular complexity index is 789. The SMILES string of the molecule is C=C1C2=C(C=C(CC(CC)CCCCC)C2Cc2ccccc2)C(C)C(=C)C1C. The molecule has 1 aromatic rings. The smallest absolute Gasteiger partial charge is 0.00975 e. The van der Waals surface area contributed by atoms with Crippen molar-refractivity contribution in [1.82, 2.24) is 0 Å². The molecule has 0 aliphatic heterocycles. The maximum atomic E-state index is 4.56. The molecule has 156 valence electrons. The van der Waals surface area contributed by atoms with Crippen LogP contribution >= 0.6 is 0 Å². The van der Waals surface area contributed by atoms with Gasteiger partial charge in [-0.25, -0.2) is 0 Å². The minimum atomic E-state index is 0.390. The van der Waals surface area contributed by atoms with Crippen molar-refractivity contribution in [3.05, 3.63) is 83.0 Å². The fourth-order valence-corrected chi connectivity index (χ4v) is 5.31. The van der Waals surface area contributed by atoms with Crippen LogP contribution in [0.1, 0.15) is 71.8 Å². The van der Waals surface area contributed by atoms with E-state index in [0.29, 0.717) is 17.8 Å². The van der Waals surface area contributed by atoms with Crippen LogP contribution in [0.3, 0.4) is 0 Å². The van der Waals surface area contributed by atoms with E-state index in [1.165, 1.54) is 60.8 Å². The van der Waals surface area contributed by atoms with Gasteiger partial charge >= 0.3 is 0 Å². The Labute approximate surface area is 179 Å². The Morgan fingerprint density at radius 1 is 0.966 bits per heavy atom. The van der Waals surface area contributed by atoms with Gasteiger partial charge in [0.25, 0.3) is 0 Å². The number of allylic oxidation sites excluding steroid dienone is 6. The molecule has 1 aromatic carbocycles. The van der Waals surface area contributed by atoms with Gasteiger partial charge in [0.05, 0.1) is 0 Å². The fraction of sp³-hybridized carbons (Fsp3) is 0.517. The number of hydrogen-bond acceptors (Lipinski definition) is 0. The van der Waals surface area contributed by atoms with E-state index in [1.807, 2.05) is 0 Å². The van der Waals surface area contributed by atoms with Crippen LogP contribution in [0.15, 0.2) is 77.4 Å². The average molecular weight is 389 g/mol. The topological polar surface area (TPSA) is 0 Å². The molecule has 0 N–H and O–H groups in total. The molecule has 0 radical (unpaired) electrons. The molecule has 0 spiro atoms. The molecular weight excluding hydrogens is 348 g/mol. The maximum Gasteiger partial charge on any atom is 0.00975 e. The summed E-state index contributed by atoms with van der Waals surface area (Å²) in [6, 6.07) is 11.0. The Morgan fingerprint density at radius 2 is 1.69 bits per heavy atom. The second kappa shape index (κ2) is 9.79. The Kier molecular flexibility index (Phi) is 7.38. The second-order valence-corrected chi connectivity index (χ2v) is 9.35. The van der Waals surface area contributed by atoms with E-state index in [9.17, 15) is 0 Å². The summed E-state index contributed by atoms with van der Waals surface area (Å²) in [5, 5.41) is 0. The molecule has 0 saturated carbocycles. The third-order valence-electron chi connectivity index (χ3n) is 7.50. The molecule has 4 unspecified atom stereocenters. The molecular formula is C29H40. The molecule has 0 saturated heterocycles. The molecule has 3 rings (SSSR count). The largest absolute Gasteiger partial charge is 0.0986 e. The van der Waals surface area contributed by atoms with Crippen LogP contribution in [0, 0.1) is 23.7 Å². The van der Waals surface area contributed by atoms with Crippen LogP contribution in [-0.2, 0) is 6.42 Å². The Morgan fingerprint density at radius 3 is 2.34 bits per heavy atom. The zero-order valence-electron chi connectivity index (χ0n) is 19.1. The van der Waals surface area contributed by atoms with Gasteiger partial charge in [-0.15, -0.1) is 0 Å². The van der Waals surface area contributed by atoms with E-state index in [1.54, 1.807) is 11.1 Å². The Hall–Kier alpha value is -1.82. The first-order valence-corrected chi connectivity index (χ1v) is 11.8. The molecule has 2 aliphatic carbocycles. The third kappa shape index (κ3) is 4.68. The van der Waals surface area contributed by atoms with Gasteiger partial charge in [0.1, 0.15) is 0 Å². The highest BCUT2D eigenvalue weighted by atomic mass is 14.4. The summed E-state index contributed by atoms with van der Waals surface area (Å²) in [4.78, 5) is 0. The van der Waals surface area contributed by atoms with Crippen LogP contribution in [0.25, 0.3) is 0 Å². The quantitative estimate of drug-likeness (QED) is 0.294. The number of unbranched alkanes of at least 4 members (excludes halogenated alkanes) is 2. The van der Waals surface area contributed by atoms with Crippen molar-refractivity contribution in [3.63, 3.8) is 0 Å². The van der Waals surface area contributed by atoms with Crippen molar-refractivity contribution in [2.45, 2.75) is 72.6 Å². The van der Waals surface area contributed by atoms with Gasteiger partial charge in [-0.05, 0) is 41.0 Å². The summed E-state index contributed by atoms with van der Waals surface area (Å²) < 4.78 is 0. The lowest BCUT2D eigenvalue weighted by Crippen LogP contribution is -2.22. The Balaban J connectivity index is 1.90. The minimum absolute atomic E-state index is 0.390. The lowest BCUT2D eigenvalue weighted by atomic mass is 9.70. The third-order valence-corrected chi connectivity index (χ3v) is 7.50. The molecule has 2 aliphatic rings. The predicted octanol–water partition coefficient (Wildman–Crippen LogP) is 8.48. The maximum absolute atomic E-state index is 4.56. The summed E-state index contributed by atoms with van der Waals surface area (Å²) in [5.41, 5.74) is 8.79. The van der Waals surface area contributed by atoms with E-state index in [0.717, 1.165) is 12.3 Å². The van der Waals surface area contributed by atoms with E-state index in [2.05, 4.69) is 77.3 Å². The van der Waals surface area contributed by atoms with E-state index in [-0.39, 0.29) is 0 Å². The van der Waals surface area contributed by atoms with Crippen molar-refractivity contribution < 1.29 is 0 Å². The van der Waals surface area contributed by atoms with Crippen molar-refractivity contribution in [2.24, 2.45) is 23.7 Å². The molecule has 4 atom stereocenters. The zero-order valence-corrected chi connectivity index (χ0v) is 19.1. The van der Waals surface area contributed by atoms with Gasteiger partial charge < -0.3 is 0 Å². The molecule has 0 amide bonds. The van der Waals surface area contributed by atoms with Crippen molar-refractivity contribution >= 4 is 0 Å². The second-order valence-electron chi connectivity index (χ2n) is 9.35. The van der Waals surface area contributed by atoms with Gasteiger partial charge in [-0.3, -0.25) is 0 Å². The summed E-state index contributed by atoms with van der Waals surface area (Å²) in [6.07, 6.45) is 11.6. The molecule has 0 heteroatoms. The zero-order chi connectivity index (χ0) is 21.0. The van der Waals surface area contributed by atoms with Crippen LogP contribution in [0.2, 0.25) is 0 Å². The molecule has 29 heavy (non-hydrogen) atoms. The highest BCUT2D eigenvalue weighted by molar-refractivity contribution is 5.59. The lowest BCUT2D eigenvalue weighted by Gasteiger charge is -2.34. The average Bonchev–Trinajstić information content (AvgIpc) is 3.08. The van der Waals surface area contributed by atoms with Gasteiger partial charge in [0.2, 0.25) is 0 Å². The van der Waals surface area contributed by atoms with E-state index >= 15 is 0 Å². The van der Waals surface area contributed by atoms with Crippen molar-refractivity contribution in [1.29, 1.82) is 0 Å². The lowest BCUT2D eigenvalue weighted by molar-refractivity contribution is 0.428. The number of benzene rings is 1. The van der Waals surface area contributed by atoms with Gasteiger partial charge in [0, 0.05) is 17.8 Å². The van der Waals surface area contributed by atoms with E-state index in [4.69, 9.17) is 0 Å². The van der Waals surface area contributed by atoms with Gasteiger partial charge in [0.15, 0.2) is 0 Å². The van der Waals surface area contributed by atoms with Crippen molar-refractivity contribution in [3.8, 4) is 0 Å². The molecule has 0 fully saturated rings. The first-order valence-electron chi connectivity index (χ1n) is 11.8. The predicted molar refractivity (Wildman–Crippen MR) is 128 cm³/mol. The first kappa shape index (κ1) is 21.9. The summed E-state index contributed by atoms with van der Waals surface area (Å²) in [5.74, 6) is 2.14. The molecule has 0 aromatic heterocycles. The van der Waals surface area contributed by atoms with Crippen LogP contribution in [0.5, 0.6) is 0 Å². The highest BCUT2D eigenvalue weighted by Gasteiger charge is 2.38. The highest BCUT2D eigenvalue weighted by Crippen LogP contribution is 2.51. The van der Waals surface area contributed by atoms with Crippen LogP contribution in [-0.4, -0.2) is 0 Å².